The Morgan fingerprint density at radius 1 is 1.08 bits per heavy atom. The second kappa shape index (κ2) is 6.45. The van der Waals surface area contributed by atoms with Crippen LogP contribution in [0.4, 0.5) is 23.4 Å². The third-order valence-electron chi connectivity index (χ3n) is 3.81. The van der Waals surface area contributed by atoms with Crippen LogP contribution in [0.3, 0.4) is 0 Å². The number of rotatable bonds is 5. The van der Waals surface area contributed by atoms with Crippen LogP contribution in [-0.2, 0) is 6.18 Å². The maximum absolute atomic E-state index is 13.6. The van der Waals surface area contributed by atoms with E-state index in [9.17, 15) is 17.6 Å². The van der Waals surface area contributed by atoms with Crippen LogP contribution in [0.2, 0.25) is 0 Å². The Bertz CT molecular complexity index is 897. The van der Waals surface area contributed by atoms with E-state index in [-0.39, 0.29) is 16.7 Å². The van der Waals surface area contributed by atoms with Gasteiger partial charge in [0, 0.05) is 19.2 Å². The smallest absolute Gasteiger partial charge is 0.353 e. The van der Waals surface area contributed by atoms with Gasteiger partial charge in [0.2, 0.25) is 11.5 Å². The average Bonchev–Trinajstić information content (AvgIpc) is 2.99. The Morgan fingerprint density at radius 3 is 2.36 bits per heavy atom. The first-order chi connectivity index (χ1) is 11.9. The molecule has 0 aliphatic rings. The average molecular weight is 355 g/mol. The second-order valence-corrected chi connectivity index (χ2v) is 5.74. The van der Waals surface area contributed by atoms with Gasteiger partial charge in [0.05, 0.1) is 11.0 Å². The molecule has 2 aromatic heterocycles. The van der Waals surface area contributed by atoms with E-state index < -0.39 is 17.8 Å². The second-order valence-electron chi connectivity index (χ2n) is 5.74. The van der Waals surface area contributed by atoms with E-state index in [1.807, 2.05) is 18.7 Å². The predicted molar refractivity (Wildman–Crippen MR) is 86.0 cm³/mol. The van der Waals surface area contributed by atoms with E-state index in [1.54, 1.807) is 0 Å². The lowest BCUT2D eigenvalue weighted by atomic mass is 10.2. The topological polar surface area (TPSA) is 46.3 Å². The van der Waals surface area contributed by atoms with Gasteiger partial charge in [0.1, 0.15) is 5.82 Å². The summed E-state index contributed by atoms with van der Waals surface area (Å²) >= 11 is 0. The minimum Gasteiger partial charge on any atom is -0.353 e. The molecule has 3 aromatic rings. The molecule has 0 amide bonds. The molecular weight excluding hydrogens is 338 g/mol. The first kappa shape index (κ1) is 17.4. The summed E-state index contributed by atoms with van der Waals surface area (Å²) in [7, 11) is 0. The number of nitrogens with zero attached hydrogens (tertiary/aromatic N) is 5. The zero-order valence-electron chi connectivity index (χ0n) is 13.8. The number of benzene rings is 1. The number of hydrogen-bond donors (Lipinski definition) is 0. The van der Waals surface area contributed by atoms with Crippen molar-refractivity contribution in [2.24, 2.45) is 0 Å². The molecule has 0 atom stereocenters. The molecule has 3 rings (SSSR count). The lowest BCUT2D eigenvalue weighted by Crippen LogP contribution is -2.27. The maximum Gasteiger partial charge on any atom is 0.452 e. The van der Waals surface area contributed by atoms with Crippen molar-refractivity contribution in [2.75, 3.05) is 18.0 Å². The fourth-order valence-corrected chi connectivity index (χ4v) is 2.85. The van der Waals surface area contributed by atoms with Crippen molar-refractivity contribution < 1.29 is 17.6 Å². The zero-order chi connectivity index (χ0) is 18.2. The van der Waals surface area contributed by atoms with Crippen LogP contribution in [0.15, 0.2) is 18.2 Å². The molecule has 2 heterocycles. The van der Waals surface area contributed by atoms with E-state index in [2.05, 4.69) is 15.2 Å². The summed E-state index contributed by atoms with van der Waals surface area (Å²) in [4.78, 5) is 6.33. The molecule has 9 heteroatoms. The molecular formula is C16H17F4N5. The highest BCUT2D eigenvalue weighted by molar-refractivity contribution is 5.83. The van der Waals surface area contributed by atoms with Crippen molar-refractivity contribution in [3.8, 4) is 0 Å². The number of anilines is 1. The SMILES string of the molecule is CCCN(CCC)c1nc2ccc(F)cc2n2c(C(F)(F)F)nnc12. The zero-order valence-corrected chi connectivity index (χ0v) is 13.8. The molecule has 0 bridgehead atoms. The molecule has 0 spiro atoms. The third kappa shape index (κ3) is 3.10. The molecule has 0 saturated carbocycles. The van der Waals surface area contributed by atoms with Crippen LogP contribution in [-0.4, -0.2) is 32.7 Å². The normalized spacial score (nSPS) is 12.2. The van der Waals surface area contributed by atoms with Gasteiger partial charge < -0.3 is 4.90 Å². The Kier molecular flexibility index (Phi) is 4.49. The van der Waals surface area contributed by atoms with E-state index in [1.165, 1.54) is 12.1 Å². The van der Waals surface area contributed by atoms with Gasteiger partial charge in [-0.15, -0.1) is 10.2 Å². The quantitative estimate of drug-likeness (QED) is 0.648. The van der Waals surface area contributed by atoms with Crippen molar-refractivity contribution in [1.29, 1.82) is 0 Å². The maximum atomic E-state index is 13.6. The van der Waals surface area contributed by atoms with Crippen molar-refractivity contribution in [1.82, 2.24) is 19.6 Å². The van der Waals surface area contributed by atoms with E-state index in [4.69, 9.17) is 0 Å². The highest BCUT2D eigenvalue weighted by atomic mass is 19.4. The molecule has 134 valence electrons. The summed E-state index contributed by atoms with van der Waals surface area (Å²) in [6, 6.07) is 3.55. The van der Waals surface area contributed by atoms with Crippen LogP contribution in [0.1, 0.15) is 32.5 Å². The summed E-state index contributed by atoms with van der Waals surface area (Å²) in [5.74, 6) is -1.51. The monoisotopic (exact) mass is 355 g/mol. The molecule has 5 nitrogen and oxygen atoms in total. The van der Waals surface area contributed by atoms with Crippen molar-refractivity contribution in [3.63, 3.8) is 0 Å². The molecule has 0 aliphatic carbocycles. The van der Waals surface area contributed by atoms with Crippen LogP contribution in [0.5, 0.6) is 0 Å². The highest BCUT2D eigenvalue weighted by Crippen LogP contribution is 2.33. The summed E-state index contributed by atoms with van der Waals surface area (Å²) < 4.78 is 54.5. The molecule has 1 aromatic carbocycles. The first-order valence-electron chi connectivity index (χ1n) is 8.03. The van der Waals surface area contributed by atoms with Gasteiger partial charge in [-0.3, -0.25) is 4.40 Å². The van der Waals surface area contributed by atoms with Crippen LogP contribution >= 0.6 is 0 Å². The minimum atomic E-state index is -4.71. The van der Waals surface area contributed by atoms with Gasteiger partial charge >= 0.3 is 6.18 Å². The molecule has 0 unspecified atom stereocenters. The number of fused-ring (bicyclic) bond motifs is 3. The summed E-state index contributed by atoms with van der Waals surface area (Å²) in [6.45, 7) is 5.19. The molecule has 0 saturated heterocycles. The lowest BCUT2D eigenvalue weighted by molar-refractivity contribution is -0.145. The van der Waals surface area contributed by atoms with E-state index >= 15 is 0 Å². The van der Waals surface area contributed by atoms with Gasteiger partial charge in [-0.05, 0) is 25.0 Å². The minimum absolute atomic E-state index is 0.0102. The first-order valence-corrected chi connectivity index (χ1v) is 8.03. The Morgan fingerprint density at radius 2 is 1.76 bits per heavy atom. The Balaban J connectivity index is 2.38. The number of halogens is 4. The standard InChI is InChI=1S/C16H17F4N5/c1-3-7-24(8-4-2)13-14-22-23-15(16(18,19)20)25(14)12-9-10(17)5-6-11(12)21-13/h5-6,9H,3-4,7-8H2,1-2H3. The van der Waals surface area contributed by atoms with Gasteiger partial charge in [0.25, 0.3) is 0 Å². The molecule has 0 fully saturated rings. The number of aromatic nitrogens is 4. The summed E-state index contributed by atoms with van der Waals surface area (Å²) in [6.07, 6.45) is -3.11. The number of alkyl halides is 3. The van der Waals surface area contributed by atoms with Crippen molar-refractivity contribution in [2.45, 2.75) is 32.9 Å². The van der Waals surface area contributed by atoms with E-state index in [0.29, 0.717) is 18.9 Å². The highest BCUT2D eigenvalue weighted by Gasteiger charge is 2.38. The van der Waals surface area contributed by atoms with Gasteiger partial charge in [-0.2, -0.15) is 13.2 Å². The fourth-order valence-electron chi connectivity index (χ4n) is 2.85. The molecule has 0 aliphatic heterocycles. The van der Waals surface area contributed by atoms with Crippen LogP contribution in [0.25, 0.3) is 16.7 Å². The van der Waals surface area contributed by atoms with Crippen molar-refractivity contribution >= 4 is 22.5 Å². The molecule has 0 radical (unpaired) electrons. The molecule has 25 heavy (non-hydrogen) atoms. The molecule has 0 N–H and O–H groups in total. The van der Waals surface area contributed by atoms with Crippen molar-refractivity contribution in [3.05, 3.63) is 29.8 Å². The van der Waals surface area contributed by atoms with Gasteiger partial charge in [0.15, 0.2) is 5.82 Å². The lowest BCUT2D eigenvalue weighted by Gasteiger charge is -2.23. The summed E-state index contributed by atoms with van der Waals surface area (Å²) in [5.41, 5.74) is 0.225. The van der Waals surface area contributed by atoms with Gasteiger partial charge in [-0.1, -0.05) is 13.8 Å². The van der Waals surface area contributed by atoms with E-state index in [0.717, 1.165) is 23.3 Å². The van der Waals surface area contributed by atoms with Gasteiger partial charge in [-0.25, -0.2) is 9.37 Å². The predicted octanol–water partition coefficient (Wildman–Crippen LogP) is 4.06. The van der Waals surface area contributed by atoms with Crippen LogP contribution < -0.4 is 4.90 Å². The fraction of sp³-hybridized carbons (Fsp3) is 0.438. The largest absolute Gasteiger partial charge is 0.452 e. The van der Waals surface area contributed by atoms with Crippen LogP contribution in [0, 0.1) is 5.82 Å². The third-order valence-corrected chi connectivity index (χ3v) is 3.81. The number of hydrogen-bond acceptors (Lipinski definition) is 4. The Hall–Kier alpha value is -2.45. The summed E-state index contributed by atoms with van der Waals surface area (Å²) in [5, 5.41) is 7.03. The Labute approximate surface area is 141 Å².